The van der Waals surface area contributed by atoms with Crippen molar-refractivity contribution in [1.82, 2.24) is 0 Å². The largest absolute Gasteiger partial charge is 0.147 e. The molecule has 66 valence electrons. The summed E-state index contributed by atoms with van der Waals surface area (Å²) in [5, 5.41) is 2.05. The van der Waals surface area contributed by atoms with Crippen LogP contribution in [0.25, 0.3) is 0 Å². The van der Waals surface area contributed by atoms with Gasteiger partial charge in [0.2, 0.25) is 0 Å². The third kappa shape index (κ3) is 1.93. The molecule has 1 aromatic carbocycles. The maximum absolute atomic E-state index is 6.28. The fourth-order valence-electron chi connectivity index (χ4n) is 1.22. The molecule has 0 aliphatic heterocycles. The first-order chi connectivity index (χ1) is 6.38. The molecule has 0 saturated heterocycles. The molecule has 2 heteroatoms. The topological polar surface area (TPSA) is 0 Å². The van der Waals surface area contributed by atoms with Crippen molar-refractivity contribution in [3.63, 3.8) is 0 Å². The van der Waals surface area contributed by atoms with Gasteiger partial charge < -0.3 is 0 Å². The van der Waals surface area contributed by atoms with Crippen LogP contribution >= 0.6 is 22.9 Å². The van der Waals surface area contributed by atoms with Gasteiger partial charge in [-0.2, -0.15) is 0 Å². The van der Waals surface area contributed by atoms with Gasteiger partial charge in [-0.25, -0.2) is 0 Å². The van der Waals surface area contributed by atoms with Gasteiger partial charge in [0, 0.05) is 4.88 Å². The smallest absolute Gasteiger partial charge is 0.0927 e. The van der Waals surface area contributed by atoms with Gasteiger partial charge in [0.1, 0.15) is 0 Å². The second-order valence-corrected chi connectivity index (χ2v) is 4.20. The van der Waals surface area contributed by atoms with E-state index in [2.05, 4.69) is 18.2 Å². The van der Waals surface area contributed by atoms with Crippen LogP contribution in [0.1, 0.15) is 15.8 Å². The first-order valence-corrected chi connectivity index (χ1v) is 5.42. The standard InChI is InChI=1S/C11H9ClS/c12-11(10-7-4-8-13-10)9-5-2-1-3-6-9/h1-8,11H. The van der Waals surface area contributed by atoms with Crippen LogP contribution in [0.15, 0.2) is 47.8 Å². The third-order valence-electron chi connectivity index (χ3n) is 1.89. The van der Waals surface area contributed by atoms with Gasteiger partial charge in [0.15, 0.2) is 0 Å². The van der Waals surface area contributed by atoms with E-state index in [0.29, 0.717) is 0 Å². The van der Waals surface area contributed by atoms with Crippen molar-refractivity contribution in [3.05, 3.63) is 58.3 Å². The Morgan fingerprint density at radius 2 is 1.77 bits per heavy atom. The summed E-state index contributed by atoms with van der Waals surface area (Å²) in [5.74, 6) is 0. The van der Waals surface area contributed by atoms with Crippen molar-refractivity contribution in [1.29, 1.82) is 0 Å². The van der Waals surface area contributed by atoms with E-state index < -0.39 is 0 Å². The third-order valence-corrected chi connectivity index (χ3v) is 3.44. The summed E-state index contributed by atoms with van der Waals surface area (Å²) in [5.41, 5.74) is 1.16. The Morgan fingerprint density at radius 1 is 1.00 bits per heavy atom. The Morgan fingerprint density at radius 3 is 2.38 bits per heavy atom. The second-order valence-electron chi connectivity index (χ2n) is 2.79. The van der Waals surface area contributed by atoms with E-state index in [-0.39, 0.29) is 5.38 Å². The molecule has 0 saturated carbocycles. The van der Waals surface area contributed by atoms with Crippen LogP contribution in [-0.4, -0.2) is 0 Å². The summed E-state index contributed by atoms with van der Waals surface area (Å²) in [6, 6.07) is 14.2. The van der Waals surface area contributed by atoms with Crippen LogP contribution in [0.2, 0.25) is 0 Å². The number of rotatable bonds is 2. The second kappa shape index (κ2) is 3.95. The minimum atomic E-state index is 0.00111. The molecular weight excluding hydrogens is 200 g/mol. The molecule has 2 rings (SSSR count). The Labute approximate surface area is 86.8 Å². The summed E-state index contributed by atoms with van der Waals surface area (Å²) in [4.78, 5) is 1.20. The fraction of sp³-hybridized carbons (Fsp3) is 0.0909. The first-order valence-electron chi connectivity index (χ1n) is 4.10. The summed E-state index contributed by atoms with van der Waals surface area (Å²) in [7, 11) is 0. The summed E-state index contributed by atoms with van der Waals surface area (Å²) >= 11 is 7.98. The highest BCUT2D eigenvalue weighted by Gasteiger charge is 2.09. The number of hydrogen-bond donors (Lipinski definition) is 0. The number of hydrogen-bond acceptors (Lipinski definition) is 1. The van der Waals surface area contributed by atoms with Gasteiger partial charge in [-0.1, -0.05) is 36.4 Å². The predicted octanol–water partition coefficient (Wildman–Crippen LogP) is 4.08. The van der Waals surface area contributed by atoms with E-state index in [0.717, 1.165) is 5.56 Å². The minimum Gasteiger partial charge on any atom is -0.147 e. The van der Waals surface area contributed by atoms with E-state index in [9.17, 15) is 0 Å². The van der Waals surface area contributed by atoms with Crippen molar-refractivity contribution in [3.8, 4) is 0 Å². The molecule has 0 nitrogen and oxygen atoms in total. The molecule has 1 aromatic heterocycles. The van der Waals surface area contributed by atoms with Gasteiger partial charge in [0.05, 0.1) is 5.38 Å². The molecular formula is C11H9ClS. The van der Waals surface area contributed by atoms with E-state index in [1.807, 2.05) is 29.6 Å². The molecule has 0 aliphatic carbocycles. The number of halogens is 1. The fourth-order valence-corrected chi connectivity index (χ4v) is 2.32. The average Bonchev–Trinajstić information content (AvgIpc) is 2.71. The zero-order valence-electron chi connectivity index (χ0n) is 6.98. The van der Waals surface area contributed by atoms with Crippen LogP contribution in [0.5, 0.6) is 0 Å². The normalized spacial score (nSPS) is 12.7. The van der Waals surface area contributed by atoms with Crippen molar-refractivity contribution in [2.45, 2.75) is 5.38 Å². The highest BCUT2D eigenvalue weighted by atomic mass is 35.5. The highest BCUT2D eigenvalue weighted by Crippen LogP contribution is 2.31. The molecule has 0 bridgehead atoms. The lowest BCUT2D eigenvalue weighted by Gasteiger charge is -2.06. The molecule has 0 fully saturated rings. The van der Waals surface area contributed by atoms with Crippen LogP contribution in [0.3, 0.4) is 0 Å². The van der Waals surface area contributed by atoms with Crippen LogP contribution < -0.4 is 0 Å². The quantitative estimate of drug-likeness (QED) is 0.653. The molecule has 0 amide bonds. The zero-order chi connectivity index (χ0) is 9.10. The molecule has 13 heavy (non-hydrogen) atoms. The highest BCUT2D eigenvalue weighted by molar-refractivity contribution is 7.10. The molecule has 0 radical (unpaired) electrons. The van der Waals surface area contributed by atoms with Gasteiger partial charge in [-0.3, -0.25) is 0 Å². The first kappa shape index (κ1) is 8.79. The van der Waals surface area contributed by atoms with E-state index >= 15 is 0 Å². The van der Waals surface area contributed by atoms with Gasteiger partial charge in [0.25, 0.3) is 0 Å². The maximum Gasteiger partial charge on any atom is 0.0927 e. The molecule has 2 aromatic rings. The number of benzene rings is 1. The summed E-state index contributed by atoms with van der Waals surface area (Å²) < 4.78 is 0. The Bertz CT molecular complexity index is 353. The predicted molar refractivity (Wildman–Crippen MR) is 58.5 cm³/mol. The van der Waals surface area contributed by atoms with E-state index in [1.54, 1.807) is 11.3 Å². The number of alkyl halides is 1. The molecule has 1 atom stereocenters. The van der Waals surface area contributed by atoms with E-state index in [4.69, 9.17) is 11.6 Å². The maximum atomic E-state index is 6.28. The Balaban J connectivity index is 2.29. The number of thiophene rings is 1. The van der Waals surface area contributed by atoms with Crippen LogP contribution in [0, 0.1) is 0 Å². The van der Waals surface area contributed by atoms with Crippen molar-refractivity contribution in [2.24, 2.45) is 0 Å². The lowest BCUT2D eigenvalue weighted by Crippen LogP contribution is -1.88. The molecule has 1 heterocycles. The van der Waals surface area contributed by atoms with E-state index in [1.165, 1.54) is 4.88 Å². The van der Waals surface area contributed by atoms with Gasteiger partial charge >= 0.3 is 0 Å². The average molecular weight is 209 g/mol. The Hall–Kier alpha value is -0.790. The monoisotopic (exact) mass is 208 g/mol. The van der Waals surface area contributed by atoms with Gasteiger partial charge in [-0.05, 0) is 17.0 Å². The SMILES string of the molecule is ClC(c1ccccc1)c1cccs1. The molecule has 0 N–H and O–H groups in total. The van der Waals surface area contributed by atoms with Crippen molar-refractivity contribution < 1.29 is 0 Å². The van der Waals surface area contributed by atoms with Gasteiger partial charge in [-0.15, -0.1) is 22.9 Å². The van der Waals surface area contributed by atoms with Crippen molar-refractivity contribution in [2.75, 3.05) is 0 Å². The lowest BCUT2D eigenvalue weighted by molar-refractivity contribution is 1.18. The summed E-state index contributed by atoms with van der Waals surface area (Å²) in [6.45, 7) is 0. The lowest BCUT2D eigenvalue weighted by atomic mass is 10.1. The summed E-state index contributed by atoms with van der Waals surface area (Å²) in [6.07, 6.45) is 0. The van der Waals surface area contributed by atoms with Crippen LogP contribution in [-0.2, 0) is 0 Å². The molecule has 0 aliphatic rings. The van der Waals surface area contributed by atoms with Crippen LogP contribution in [0.4, 0.5) is 0 Å². The molecule has 1 unspecified atom stereocenters. The van der Waals surface area contributed by atoms with Crippen molar-refractivity contribution >= 4 is 22.9 Å². The zero-order valence-corrected chi connectivity index (χ0v) is 8.55. The minimum absolute atomic E-state index is 0.00111. The molecule has 0 spiro atoms. The Kier molecular flexibility index (Phi) is 2.67.